The van der Waals surface area contributed by atoms with Gasteiger partial charge in [-0.3, -0.25) is 0 Å². The van der Waals surface area contributed by atoms with E-state index in [0.29, 0.717) is 77.9 Å². The van der Waals surface area contributed by atoms with Crippen LogP contribution in [0.5, 0.6) is 11.5 Å². The van der Waals surface area contributed by atoms with Gasteiger partial charge >= 0.3 is 0 Å². The van der Waals surface area contributed by atoms with Crippen molar-refractivity contribution in [2.24, 2.45) is 0 Å². The Bertz CT molecular complexity index is 6590. The standard InChI is InChI=1S/C90H64B2N4OSi/c1-90(2,3)61-52-72-80-73(53-61)95(86-64(58-33-17-9-18-34-58)40-26-41-65(86)59-35-19-10-20-36-59)74-54-75-82-89(96-71-43-23-24-44-78(71)98(4,5)79-50-49-77-84(88(79)96)92(82)83-76(97-77)48-46-67-66-37-21-22-42-69(66)93(75)87(67)83)81(74)91(80)68-51-60(55-27-11-6-12-28-55)45-47-70(68)94(72)85-62(56-29-13-7-14-30-56)38-25-39-63(85)57-31-15-8-16-32-57/h6-54H,1-5H3/i21D,22D,37D,42D,45D,46D,47D,48D,49D,50D,51D,54D. The molecule has 7 heterocycles. The lowest BCUT2D eigenvalue weighted by Gasteiger charge is -2.52. The third-order valence-electron chi connectivity index (χ3n) is 21.4. The predicted octanol–water partition coefficient (Wildman–Crippen LogP) is 18.4. The summed E-state index contributed by atoms with van der Waals surface area (Å²) in [6.07, 6.45) is 0. The average Bonchev–Trinajstić information content (AvgIpc) is 1.15. The molecule has 0 spiro atoms. The van der Waals surface area contributed by atoms with Gasteiger partial charge in [0.1, 0.15) is 19.6 Å². The van der Waals surface area contributed by atoms with Gasteiger partial charge in [0.05, 0.1) is 38.9 Å². The van der Waals surface area contributed by atoms with Crippen LogP contribution in [-0.2, 0) is 5.41 Å². The second kappa shape index (κ2) is 20.2. The summed E-state index contributed by atoms with van der Waals surface area (Å²) < 4.78 is 136. The van der Waals surface area contributed by atoms with Crippen molar-refractivity contribution in [2.75, 3.05) is 14.7 Å². The monoisotopic (exact) mass is 1280 g/mol. The summed E-state index contributed by atoms with van der Waals surface area (Å²) in [7, 11) is -3.18. The van der Waals surface area contributed by atoms with Crippen LogP contribution in [-0.4, -0.2) is 26.1 Å². The van der Waals surface area contributed by atoms with E-state index in [1.165, 1.54) is 0 Å². The fourth-order valence-electron chi connectivity index (χ4n) is 17.1. The summed E-state index contributed by atoms with van der Waals surface area (Å²) in [5.41, 5.74) is 16.5. The number of ether oxygens (including phenoxy) is 1. The lowest BCUT2D eigenvalue weighted by molar-refractivity contribution is 0.488. The van der Waals surface area contributed by atoms with Crippen molar-refractivity contribution in [3.63, 3.8) is 0 Å². The minimum Gasteiger partial charge on any atom is -0.458 e. The van der Waals surface area contributed by atoms with Crippen molar-refractivity contribution in [3.05, 3.63) is 303 Å². The Hall–Kier alpha value is -11.6. The molecular formula is C90H64B2N4OSi. The van der Waals surface area contributed by atoms with E-state index in [-0.39, 0.29) is 98.6 Å². The number of benzene rings is 14. The highest BCUT2D eigenvalue weighted by Crippen LogP contribution is 2.57. The molecule has 5 nitrogen and oxygen atoms in total. The minimum atomic E-state index is -3.18. The summed E-state index contributed by atoms with van der Waals surface area (Å²) in [6.45, 7) is 8.76. The van der Waals surface area contributed by atoms with Crippen LogP contribution in [0.2, 0.25) is 13.1 Å². The first-order chi connectivity index (χ1) is 53.1. The largest absolute Gasteiger partial charge is 0.458 e. The first-order valence-electron chi connectivity index (χ1n) is 39.6. The van der Waals surface area contributed by atoms with Crippen LogP contribution >= 0.6 is 0 Å². The number of fused-ring (bicyclic) bond motifs is 12. The molecular weight excluding hydrogens is 1200 g/mol. The SMILES string of the molecule is [2H]c1c([2H])c2c3c4c1Oc1c([2H])c([2H])c5c6c([2H])c([2H])c([2H])c([2H])c6n6c5c1B4c1c(c4c(c([2H])c1-6)N(c1c(-c5ccccc5)cccc1-c1ccccc1)c1cc(C(C)(C)C)cc5c1B4c1c([2H])c(-c4ccccc4)c([2H])c([2H])c1N5c1c(-c4ccccc4)cccc1-c1ccccc1)N3c1ccccc1[Si]2(C)C. The molecule has 0 saturated heterocycles. The van der Waals surface area contributed by atoms with Gasteiger partial charge in [-0.25, -0.2) is 0 Å². The fourth-order valence-corrected chi connectivity index (χ4v) is 19.9. The molecule has 6 aliphatic rings. The molecule has 6 aliphatic heterocycles. The first kappa shape index (κ1) is 45.0. The normalized spacial score (nSPS) is 15.9. The molecule has 0 saturated carbocycles. The number of rotatable bonds is 7. The summed E-state index contributed by atoms with van der Waals surface area (Å²) in [5, 5.41) is 1.69. The van der Waals surface area contributed by atoms with Crippen LogP contribution < -0.4 is 62.6 Å². The summed E-state index contributed by atoms with van der Waals surface area (Å²) in [5.74, 6) is -0.0292. The highest BCUT2D eigenvalue weighted by Gasteiger charge is 2.56. The van der Waals surface area contributed by atoms with Gasteiger partial charge in [0, 0.05) is 78.5 Å². The quantitative estimate of drug-likeness (QED) is 0.148. The molecule has 8 heteroatoms. The molecule has 1 aromatic heterocycles. The van der Waals surface area contributed by atoms with Gasteiger partial charge < -0.3 is 24.0 Å². The molecule has 15 aromatic rings. The predicted molar refractivity (Wildman–Crippen MR) is 417 cm³/mol. The lowest BCUT2D eigenvalue weighted by atomic mass is 9.29. The molecule has 460 valence electrons. The number of hydrogen-bond donors (Lipinski definition) is 0. The molecule has 0 radical (unpaired) electrons. The second-order valence-corrected chi connectivity index (χ2v) is 32.3. The lowest BCUT2D eigenvalue weighted by Crippen LogP contribution is -2.71. The Morgan fingerprint density at radius 2 is 0.888 bits per heavy atom. The maximum absolute atomic E-state index is 12.4. The molecule has 0 amide bonds. The highest BCUT2D eigenvalue weighted by atomic mass is 28.3. The van der Waals surface area contributed by atoms with Crippen molar-refractivity contribution in [1.29, 1.82) is 0 Å². The Kier molecular flexibility index (Phi) is 9.29. The van der Waals surface area contributed by atoms with Crippen LogP contribution in [0.3, 0.4) is 0 Å². The molecule has 0 aliphatic carbocycles. The number of aromatic nitrogens is 1. The summed E-state index contributed by atoms with van der Waals surface area (Å²) in [6, 6.07) is 72.3. The number of hydrogen-bond acceptors (Lipinski definition) is 4. The zero-order chi connectivity index (χ0) is 75.5. The third kappa shape index (κ3) is 7.53. The molecule has 21 rings (SSSR count). The van der Waals surface area contributed by atoms with E-state index in [0.717, 1.165) is 66.4 Å². The van der Waals surface area contributed by atoms with Gasteiger partial charge in [0.25, 0.3) is 13.4 Å². The van der Waals surface area contributed by atoms with E-state index >= 15 is 0 Å². The smallest absolute Gasteiger partial charge is 0.261 e. The van der Waals surface area contributed by atoms with Crippen molar-refractivity contribution in [1.82, 2.24) is 4.57 Å². The third-order valence-corrected chi connectivity index (χ3v) is 24.8. The van der Waals surface area contributed by atoms with Crippen LogP contribution in [0.4, 0.5) is 51.2 Å². The van der Waals surface area contributed by atoms with Crippen LogP contribution in [0.1, 0.15) is 42.8 Å². The van der Waals surface area contributed by atoms with Gasteiger partial charge in [-0.1, -0.05) is 276 Å². The van der Waals surface area contributed by atoms with Gasteiger partial charge in [0.2, 0.25) is 0 Å². The maximum Gasteiger partial charge on any atom is 0.261 e. The van der Waals surface area contributed by atoms with E-state index in [1.54, 1.807) is 4.57 Å². The van der Waals surface area contributed by atoms with Gasteiger partial charge in [-0.05, 0) is 142 Å². The molecule has 0 atom stereocenters. The van der Waals surface area contributed by atoms with E-state index in [2.05, 4.69) is 158 Å². The molecule has 14 aromatic carbocycles. The highest BCUT2D eigenvalue weighted by molar-refractivity contribution is 7.08. The van der Waals surface area contributed by atoms with E-state index < -0.39 is 51.1 Å². The van der Waals surface area contributed by atoms with Crippen LogP contribution in [0.25, 0.3) is 83.1 Å². The van der Waals surface area contributed by atoms with Crippen molar-refractivity contribution >= 4 is 138 Å². The topological polar surface area (TPSA) is 23.9 Å². The Morgan fingerprint density at radius 1 is 0.367 bits per heavy atom. The Balaban J connectivity index is 1.07. The van der Waals surface area contributed by atoms with Gasteiger partial charge in [-0.15, -0.1) is 0 Å². The van der Waals surface area contributed by atoms with Crippen molar-refractivity contribution < 1.29 is 21.2 Å². The molecule has 0 bridgehead atoms. The second-order valence-electron chi connectivity index (χ2n) is 28.0. The summed E-state index contributed by atoms with van der Waals surface area (Å²) >= 11 is 0. The number of anilines is 9. The van der Waals surface area contributed by atoms with Crippen LogP contribution in [0, 0.1) is 0 Å². The first-order valence-corrected chi connectivity index (χ1v) is 36.6. The van der Waals surface area contributed by atoms with Crippen molar-refractivity contribution in [2.45, 2.75) is 39.3 Å². The van der Waals surface area contributed by atoms with Crippen LogP contribution in [0.15, 0.2) is 297 Å². The number of para-hydroxylation sites is 4. The van der Waals surface area contributed by atoms with E-state index in [4.69, 9.17) is 4.74 Å². The molecule has 0 fully saturated rings. The maximum atomic E-state index is 12.4. The van der Waals surface area contributed by atoms with E-state index in [1.807, 2.05) is 115 Å². The van der Waals surface area contributed by atoms with Gasteiger partial charge in [-0.2, -0.15) is 0 Å². The van der Waals surface area contributed by atoms with Gasteiger partial charge in [0.15, 0.2) is 0 Å². The molecule has 0 N–H and O–H groups in total. The summed E-state index contributed by atoms with van der Waals surface area (Å²) in [4.78, 5) is 6.68. The molecule has 98 heavy (non-hydrogen) atoms. The zero-order valence-corrected chi connectivity index (χ0v) is 55.2. The minimum absolute atomic E-state index is 0.00198. The zero-order valence-electron chi connectivity index (χ0n) is 66.2. The number of nitrogens with zero attached hydrogens (tertiary/aromatic N) is 4. The fraction of sp³-hybridized carbons (Fsp3) is 0.0667. The average molecular weight is 1280 g/mol. The molecule has 0 unspecified atom stereocenters. The Morgan fingerprint density at radius 3 is 1.48 bits per heavy atom. The Labute approximate surface area is 589 Å². The van der Waals surface area contributed by atoms with Crippen molar-refractivity contribution in [3.8, 4) is 72.8 Å². The van der Waals surface area contributed by atoms with E-state index in [9.17, 15) is 16.4 Å².